The van der Waals surface area contributed by atoms with Crippen LogP contribution in [-0.4, -0.2) is 13.1 Å². The normalized spacial score (nSPS) is 41.1. The number of fused-ring (bicyclic) bond motifs is 3. The topological polar surface area (TPSA) is 26.3 Å². The lowest BCUT2D eigenvalue weighted by molar-refractivity contribution is -0.140. The van der Waals surface area contributed by atoms with Gasteiger partial charge < -0.3 is 4.74 Å². The Kier molecular flexibility index (Phi) is 5.94. The third kappa shape index (κ3) is 3.91. The summed E-state index contributed by atoms with van der Waals surface area (Å²) in [5.41, 5.74) is 2.90. The third-order valence-corrected chi connectivity index (χ3v) is 8.56. The number of carbonyl (C=O) groups excluding carboxylic acids is 1. The molecule has 0 aromatic rings. The van der Waals surface area contributed by atoms with Gasteiger partial charge in [-0.15, -0.1) is 6.58 Å². The van der Waals surface area contributed by atoms with Crippen LogP contribution in [0.4, 0.5) is 0 Å². The Bertz CT molecular complexity index is 605. The quantitative estimate of drug-likeness (QED) is 0.289. The molecule has 0 aromatic carbocycles. The largest absolute Gasteiger partial charge is 0.469 e. The van der Waals surface area contributed by atoms with Crippen LogP contribution in [0, 0.1) is 28.1 Å². The van der Waals surface area contributed by atoms with Gasteiger partial charge in [-0.2, -0.15) is 0 Å². The van der Waals surface area contributed by atoms with Crippen LogP contribution in [-0.2, 0) is 9.53 Å². The number of esters is 1. The predicted molar refractivity (Wildman–Crippen MR) is 112 cm³/mol. The van der Waals surface area contributed by atoms with E-state index >= 15 is 0 Å². The summed E-state index contributed by atoms with van der Waals surface area (Å²) in [6.07, 6.45) is 18.0. The molecule has 2 heteroatoms. The van der Waals surface area contributed by atoms with Crippen molar-refractivity contribution in [2.24, 2.45) is 28.1 Å². The Balaban J connectivity index is 1.73. The van der Waals surface area contributed by atoms with Crippen molar-refractivity contribution >= 4 is 5.97 Å². The molecular formula is C25H40O2. The summed E-state index contributed by atoms with van der Waals surface area (Å²) in [6.45, 7) is 11.6. The standard InChI is InChI=1S/C25H40O2/c1-6-23(2)17-13-20-19(18-23)11-12-21-24(3,15-9-16-25(20,21)4)14-8-7-10-22(26)27-5/h6,13,19,21H,1,7-12,14-18H2,2-5H3/t19?,21?,23-,24+,25-/m0/s1. The van der Waals surface area contributed by atoms with Crippen LogP contribution in [0.2, 0.25) is 0 Å². The molecule has 0 N–H and O–H groups in total. The van der Waals surface area contributed by atoms with Crippen LogP contribution in [0.5, 0.6) is 0 Å². The highest BCUT2D eigenvalue weighted by Gasteiger charge is 2.54. The van der Waals surface area contributed by atoms with Crippen molar-refractivity contribution in [2.75, 3.05) is 7.11 Å². The molecule has 0 aliphatic heterocycles. The molecule has 2 saturated carbocycles. The summed E-state index contributed by atoms with van der Waals surface area (Å²) in [4.78, 5) is 11.4. The zero-order valence-corrected chi connectivity index (χ0v) is 18.1. The fraction of sp³-hybridized carbons (Fsp3) is 0.800. The molecule has 2 unspecified atom stereocenters. The lowest BCUT2D eigenvalue weighted by Gasteiger charge is -2.59. The fourth-order valence-corrected chi connectivity index (χ4v) is 6.95. The molecule has 0 bridgehead atoms. The van der Waals surface area contributed by atoms with E-state index in [1.807, 2.05) is 0 Å². The summed E-state index contributed by atoms with van der Waals surface area (Å²) in [7, 11) is 1.49. The van der Waals surface area contributed by atoms with Crippen molar-refractivity contribution in [1.82, 2.24) is 0 Å². The summed E-state index contributed by atoms with van der Waals surface area (Å²) < 4.78 is 4.80. The first-order chi connectivity index (χ1) is 12.8. The Morgan fingerprint density at radius 1 is 1.26 bits per heavy atom. The molecule has 0 amide bonds. The van der Waals surface area contributed by atoms with Crippen molar-refractivity contribution < 1.29 is 9.53 Å². The van der Waals surface area contributed by atoms with Gasteiger partial charge in [0.05, 0.1) is 7.11 Å². The Morgan fingerprint density at radius 3 is 2.74 bits per heavy atom. The minimum atomic E-state index is -0.0632. The van der Waals surface area contributed by atoms with Gasteiger partial charge >= 0.3 is 5.97 Å². The van der Waals surface area contributed by atoms with Gasteiger partial charge in [-0.3, -0.25) is 4.79 Å². The SMILES string of the molecule is C=C[C@@]1(C)CC=C2C(CCC3[C@](C)(CCCCC(=O)OC)CCC[C@@]23C)C1. The molecule has 3 rings (SSSR count). The second-order valence-electron chi connectivity index (χ2n) is 10.5. The molecule has 152 valence electrons. The van der Waals surface area contributed by atoms with Crippen LogP contribution in [0.1, 0.15) is 91.4 Å². The summed E-state index contributed by atoms with van der Waals surface area (Å²) >= 11 is 0. The molecule has 5 atom stereocenters. The second kappa shape index (κ2) is 7.76. The van der Waals surface area contributed by atoms with Gasteiger partial charge in [-0.05, 0) is 79.4 Å². The van der Waals surface area contributed by atoms with Crippen molar-refractivity contribution in [2.45, 2.75) is 91.4 Å². The lowest BCUT2D eigenvalue weighted by Crippen LogP contribution is -2.50. The molecule has 0 radical (unpaired) electrons. The van der Waals surface area contributed by atoms with Crippen LogP contribution in [0.25, 0.3) is 0 Å². The molecule has 27 heavy (non-hydrogen) atoms. The Labute approximate surface area is 166 Å². The minimum absolute atomic E-state index is 0.0632. The molecule has 2 fully saturated rings. The van der Waals surface area contributed by atoms with Gasteiger partial charge in [0.2, 0.25) is 0 Å². The Morgan fingerprint density at radius 2 is 2.04 bits per heavy atom. The average molecular weight is 373 g/mol. The van der Waals surface area contributed by atoms with Gasteiger partial charge in [-0.1, -0.05) is 51.3 Å². The van der Waals surface area contributed by atoms with Gasteiger partial charge in [-0.25, -0.2) is 0 Å². The summed E-state index contributed by atoms with van der Waals surface area (Å²) in [6, 6.07) is 0. The van der Waals surface area contributed by atoms with Gasteiger partial charge in [0.25, 0.3) is 0 Å². The third-order valence-electron chi connectivity index (χ3n) is 8.56. The number of hydrogen-bond acceptors (Lipinski definition) is 2. The van der Waals surface area contributed by atoms with Gasteiger partial charge in [0, 0.05) is 6.42 Å². The van der Waals surface area contributed by atoms with Crippen LogP contribution >= 0.6 is 0 Å². The zero-order chi connectivity index (χ0) is 19.7. The van der Waals surface area contributed by atoms with E-state index in [2.05, 4.69) is 39.5 Å². The molecule has 0 saturated heterocycles. The maximum atomic E-state index is 11.4. The number of allylic oxidation sites excluding steroid dienone is 3. The molecule has 3 aliphatic carbocycles. The van der Waals surface area contributed by atoms with Crippen molar-refractivity contribution in [3.63, 3.8) is 0 Å². The molecule has 2 nitrogen and oxygen atoms in total. The van der Waals surface area contributed by atoms with E-state index < -0.39 is 0 Å². The fourth-order valence-electron chi connectivity index (χ4n) is 6.95. The number of rotatable bonds is 6. The van der Waals surface area contributed by atoms with Crippen molar-refractivity contribution in [1.29, 1.82) is 0 Å². The maximum absolute atomic E-state index is 11.4. The Hall–Kier alpha value is -1.05. The summed E-state index contributed by atoms with van der Waals surface area (Å²) in [5.74, 6) is 1.50. The number of carbonyl (C=O) groups is 1. The van der Waals surface area contributed by atoms with E-state index in [-0.39, 0.29) is 5.97 Å². The van der Waals surface area contributed by atoms with E-state index in [0.29, 0.717) is 22.7 Å². The monoisotopic (exact) mass is 372 g/mol. The molecule has 0 heterocycles. The number of ether oxygens (including phenoxy) is 1. The smallest absolute Gasteiger partial charge is 0.305 e. The van der Waals surface area contributed by atoms with Crippen molar-refractivity contribution in [3.8, 4) is 0 Å². The molecular weight excluding hydrogens is 332 g/mol. The number of methoxy groups -OCH3 is 1. The predicted octanol–water partition coefficient (Wildman–Crippen LogP) is 6.86. The highest BCUT2D eigenvalue weighted by atomic mass is 16.5. The van der Waals surface area contributed by atoms with Crippen LogP contribution < -0.4 is 0 Å². The zero-order valence-electron chi connectivity index (χ0n) is 18.1. The minimum Gasteiger partial charge on any atom is -0.469 e. The highest BCUT2D eigenvalue weighted by Crippen LogP contribution is 2.64. The molecule has 0 spiro atoms. The van der Waals surface area contributed by atoms with Gasteiger partial charge in [0.15, 0.2) is 0 Å². The second-order valence-corrected chi connectivity index (χ2v) is 10.5. The van der Waals surface area contributed by atoms with E-state index in [9.17, 15) is 4.79 Å². The number of hydrogen-bond donors (Lipinski definition) is 0. The lowest BCUT2D eigenvalue weighted by atomic mass is 9.45. The van der Waals surface area contributed by atoms with Crippen LogP contribution in [0.3, 0.4) is 0 Å². The first-order valence-electron chi connectivity index (χ1n) is 11.2. The molecule has 3 aliphatic rings. The van der Waals surface area contributed by atoms with E-state index in [1.54, 1.807) is 5.57 Å². The maximum Gasteiger partial charge on any atom is 0.305 e. The van der Waals surface area contributed by atoms with Gasteiger partial charge in [0.1, 0.15) is 0 Å². The first kappa shape index (κ1) is 20.7. The van der Waals surface area contributed by atoms with E-state index in [4.69, 9.17) is 4.74 Å². The molecule has 0 aromatic heterocycles. The van der Waals surface area contributed by atoms with Crippen LogP contribution in [0.15, 0.2) is 24.3 Å². The summed E-state index contributed by atoms with van der Waals surface area (Å²) in [5, 5.41) is 0. The van der Waals surface area contributed by atoms with Crippen molar-refractivity contribution in [3.05, 3.63) is 24.3 Å². The average Bonchev–Trinajstić information content (AvgIpc) is 2.64. The van der Waals surface area contributed by atoms with E-state index in [0.717, 1.165) is 24.7 Å². The highest BCUT2D eigenvalue weighted by molar-refractivity contribution is 5.68. The number of unbranched alkanes of at least 4 members (excludes halogenated alkanes) is 1. The van der Waals surface area contributed by atoms with E-state index in [1.165, 1.54) is 58.5 Å². The first-order valence-corrected chi connectivity index (χ1v) is 11.2.